The number of hydrogen-bond donors (Lipinski definition) is 0. The van der Waals surface area contributed by atoms with Gasteiger partial charge in [0.25, 0.3) is 0 Å². The molecular formula is C22H21NO5S. The molecule has 0 N–H and O–H groups in total. The van der Waals surface area contributed by atoms with Crippen molar-refractivity contribution < 1.29 is 22.1 Å². The Labute approximate surface area is 170 Å². The predicted octanol–water partition coefficient (Wildman–Crippen LogP) is 4.61. The lowest BCUT2D eigenvalue weighted by atomic mass is 10.2. The van der Waals surface area contributed by atoms with Crippen molar-refractivity contribution in [2.45, 2.75) is 11.8 Å². The molecule has 0 aliphatic heterocycles. The summed E-state index contributed by atoms with van der Waals surface area (Å²) >= 11 is 0. The van der Waals surface area contributed by atoms with Crippen LogP contribution in [-0.2, 0) is 10.1 Å². The van der Waals surface area contributed by atoms with Crippen LogP contribution in [0.25, 0.3) is 0 Å². The average Bonchev–Trinajstić information content (AvgIpc) is 2.75. The summed E-state index contributed by atoms with van der Waals surface area (Å²) in [6.07, 6.45) is 1.67. The first-order valence-electron chi connectivity index (χ1n) is 8.96. The number of hydrogen-bond acceptors (Lipinski definition) is 6. The van der Waals surface area contributed by atoms with Crippen molar-refractivity contribution in [3.8, 4) is 17.2 Å². The van der Waals surface area contributed by atoms with Gasteiger partial charge in [-0.15, -0.1) is 0 Å². The van der Waals surface area contributed by atoms with E-state index in [-0.39, 0.29) is 10.6 Å². The molecule has 0 aliphatic rings. The second-order valence-electron chi connectivity index (χ2n) is 5.95. The fourth-order valence-electron chi connectivity index (χ4n) is 2.51. The molecule has 0 saturated carbocycles. The van der Waals surface area contributed by atoms with Crippen LogP contribution in [0.15, 0.2) is 82.7 Å². The molecule has 3 aromatic rings. The molecule has 0 amide bonds. The Bertz CT molecular complexity index is 1080. The smallest absolute Gasteiger partial charge is 0.339 e. The molecule has 3 rings (SSSR count). The minimum absolute atomic E-state index is 0.0765. The minimum Gasteiger partial charge on any atom is -0.497 e. The van der Waals surface area contributed by atoms with Gasteiger partial charge in [0.2, 0.25) is 0 Å². The van der Waals surface area contributed by atoms with Gasteiger partial charge in [-0.2, -0.15) is 8.42 Å². The normalized spacial score (nSPS) is 11.4. The lowest BCUT2D eigenvalue weighted by Gasteiger charge is -2.12. The van der Waals surface area contributed by atoms with E-state index in [9.17, 15) is 8.42 Å². The Kier molecular flexibility index (Phi) is 6.51. The number of methoxy groups -OCH3 is 1. The van der Waals surface area contributed by atoms with E-state index < -0.39 is 10.1 Å². The van der Waals surface area contributed by atoms with E-state index in [1.54, 1.807) is 49.7 Å². The molecule has 0 unspecified atom stereocenters. The van der Waals surface area contributed by atoms with Gasteiger partial charge in [-0.1, -0.05) is 18.2 Å². The Morgan fingerprint density at radius 1 is 0.931 bits per heavy atom. The molecule has 0 radical (unpaired) electrons. The van der Waals surface area contributed by atoms with Crippen molar-refractivity contribution in [2.24, 2.45) is 4.99 Å². The van der Waals surface area contributed by atoms with Gasteiger partial charge in [0.15, 0.2) is 11.5 Å². The Morgan fingerprint density at radius 3 is 2.31 bits per heavy atom. The van der Waals surface area contributed by atoms with Crippen molar-refractivity contribution in [3.63, 3.8) is 0 Å². The number of benzene rings is 3. The van der Waals surface area contributed by atoms with Crippen LogP contribution < -0.4 is 13.7 Å². The second-order valence-corrected chi connectivity index (χ2v) is 7.49. The molecule has 0 heterocycles. The van der Waals surface area contributed by atoms with Crippen LogP contribution in [0.5, 0.6) is 17.2 Å². The van der Waals surface area contributed by atoms with Gasteiger partial charge in [0.1, 0.15) is 10.6 Å². The summed E-state index contributed by atoms with van der Waals surface area (Å²) in [7, 11) is -2.35. The molecule has 0 atom stereocenters. The monoisotopic (exact) mass is 411 g/mol. The Hall–Kier alpha value is -3.32. The molecule has 3 aromatic carbocycles. The highest BCUT2D eigenvalue weighted by atomic mass is 32.2. The molecule has 6 nitrogen and oxygen atoms in total. The molecule has 0 fully saturated rings. The zero-order valence-electron chi connectivity index (χ0n) is 16.1. The van der Waals surface area contributed by atoms with Gasteiger partial charge < -0.3 is 13.7 Å². The minimum atomic E-state index is -3.95. The fourth-order valence-corrected chi connectivity index (χ4v) is 3.47. The van der Waals surface area contributed by atoms with Crippen LogP contribution in [0.2, 0.25) is 0 Å². The number of aliphatic imine (C=N–C) groups is 1. The van der Waals surface area contributed by atoms with Crippen molar-refractivity contribution in [1.29, 1.82) is 0 Å². The van der Waals surface area contributed by atoms with Crippen LogP contribution in [-0.4, -0.2) is 28.3 Å². The molecule has 0 bridgehead atoms. The van der Waals surface area contributed by atoms with Gasteiger partial charge in [0.05, 0.1) is 19.4 Å². The van der Waals surface area contributed by atoms with Gasteiger partial charge in [-0.05, 0) is 67.1 Å². The van der Waals surface area contributed by atoms with Gasteiger partial charge in [-0.3, -0.25) is 4.99 Å². The molecular weight excluding hydrogens is 390 g/mol. The van der Waals surface area contributed by atoms with E-state index in [2.05, 4.69) is 4.99 Å². The second kappa shape index (κ2) is 9.25. The van der Waals surface area contributed by atoms with Crippen molar-refractivity contribution in [1.82, 2.24) is 0 Å². The molecule has 150 valence electrons. The first kappa shape index (κ1) is 20.4. The molecule has 29 heavy (non-hydrogen) atoms. The lowest BCUT2D eigenvalue weighted by Crippen LogP contribution is -2.10. The first-order chi connectivity index (χ1) is 14.0. The zero-order chi connectivity index (χ0) is 20.7. The van der Waals surface area contributed by atoms with Crippen molar-refractivity contribution >= 4 is 22.0 Å². The number of rotatable bonds is 8. The summed E-state index contributed by atoms with van der Waals surface area (Å²) in [5.74, 6) is 1.20. The fraction of sp³-hybridized carbons (Fsp3) is 0.136. The maximum atomic E-state index is 12.5. The van der Waals surface area contributed by atoms with Crippen LogP contribution in [0.3, 0.4) is 0 Å². The Balaban J connectivity index is 1.83. The first-order valence-corrected chi connectivity index (χ1v) is 10.4. The van der Waals surface area contributed by atoms with Crippen LogP contribution >= 0.6 is 0 Å². The summed E-state index contributed by atoms with van der Waals surface area (Å²) in [4.78, 5) is 4.49. The maximum absolute atomic E-state index is 12.5. The highest BCUT2D eigenvalue weighted by Gasteiger charge is 2.19. The van der Waals surface area contributed by atoms with Crippen LogP contribution in [0.1, 0.15) is 12.5 Å². The van der Waals surface area contributed by atoms with E-state index >= 15 is 0 Å². The number of ether oxygens (including phenoxy) is 2. The van der Waals surface area contributed by atoms with E-state index in [0.717, 1.165) is 17.0 Å². The largest absolute Gasteiger partial charge is 0.497 e. The highest BCUT2D eigenvalue weighted by Crippen LogP contribution is 2.31. The third kappa shape index (κ3) is 5.36. The van der Waals surface area contributed by atoms with Gasteiger partial charge in [-0.25, -0.2) is 0 Å². The molecule has 0 spiro atoms. The molecule has 0 aromatic heterocycles. The van der Waals surface area contributed by atoms with E-state index in [1.165, 1.54) is 12.1 Å². The SMILES string of the molecule is CCOc1cc(C=Nc2ccc(OC)cc2)ccc1OS(=O)(=O)c1ccccc1. The van der Waals surface area contributed by atoms with Crippen molar-refractivity contribution in [3.05, 3.63) is 78.4 Å². The predicted molar refractivity (Wildman–Crippen MR) is 112 cm³/mol. The molecule has 0 saturated heterocycles. The quantitative estimate of drug-likeness (QED) is 0.400. The third-order valence-electron chi connectivity index (χ3n) is 3.93. The lowest BCUT2D eigenvalue weighted by molar-refractivity contribution is 0.327. The van der Waals surface area contributed by atoms with E-state index in [0.29, 0.717) is 12.4 Å². The summed E-state index contributed by atoms with van der Waals surface area (Å²) in [6.45, 7) is 2.18. The topological polar surface area (TPSA) is 74.2 Å². The summed E-state index contributed by atoms with van der Waals surface area (Å²) < 4.78 is 41.0. The summed E-state index contributed by atoms with van der Waals surface area (Å²) in [6, 6.07) is 20.2. The molecule has 0 aliphatic carbocycles. The summed E-state index contributed by atoms with van der Waals surface area (Å²) in [5, 5.41) is 0. The third-order valence-corrected chi connectivity index (χ3v) is 5.18. The summed E-state index contributed by atoms with van der Waals surface area (Å²) in [5.41, 5.74) is 1.50. The van der Waals surface area contributed by atoms with E-state index in [1.807, 2.05) is 31.2 Å². The van der Waals surface area contributed by atoms with Gasteiger partial charge >= 0.3 is 10.1 Å². The maximum Gasteiger partial charge on any atom is 0.339 e. The molecule has 7 heteroatoms. The van der Waals surface area contributed by atoms with Crippen LogP contribution in [0, 0.1) is 0 Å². The zero-order valence-corrected chi connectivity index (χ0v) is 16.9. The van der Waals surface area contributed by atoms with Gasteiger partial charge in [0, 0.05) is 6.21 Å². The standard InChI is InChI=1S/C22H21NO5S/c1-3-27-22-15-17(16-23-18-10-12-19(26-2)13-11-18)9-14-21(22)28-29(24,25)20-7-5-4-6-8-20/h4-16H,3H2,1-2H3. The van der Waals surface area contributed by atoms with Crippen molar-refractivity contribution in [2.75, 3.05) is 13.7 Å². The Morgan fingerprint density at radius 2 is 1.66 bits per heavy atom. The highest BCUT2D eigenvalue weighted by molar-refractivity contribution is 7.87. The van der Waals surface area contributed by atoms with Crippen LogP contribution in [0.4, 0.5) is 5.69 Å². The van der Waals surface area contributed by atoms with E-state index in [4.69, 9.17) is 13.7 Å². The average molecular weight is 411 g/mol. The number of nitrogens with zero attached hydrogens (tertiary/aromatic N) is 1.